The number of nitrogens with one attached hydrogen (secondary N) is 1. The molecule has 0 atom stereocenters. The first-order valence-electron chi connectivity index (χ1n) is 8.41. The maximum atomic E-state index is 12.5. The van der Waals surface area contributed by atoms with Gasteiger partial charge < -0.3 is 19.7 Å². The van der Waals surface area contributed by atoms with Crippen LogP contribution in [0.5, 0.6) is 11.5 Å². The second-order valence-electron chi connectivity index (χ2n) is 6.03. The molecular formula is C18H25ClN2O4. The summed E-state index contributed by atoms with van der Waals surface area (Å²) in [7, 11) is 3.16. The topological polar surface area (TPSA) is 67.9 Å². The summed E-state index contributed by atoms with van der Waals surface area (Å²) in [6.45, 7) is 1.30. The van der Waals surface area contributed by atoms with Crippen LogP contribution in [0.2, 0.25) is 0 Å². The molecule has 1 N–H and O–H groups in total. The van der Waals surface area contributed by atoms with E-state index in [1.54, 1.807) is 20.3 Å². The van der Waals surface area contributed by atoms with Crippen molar-refractivity contribution in [3.63, 3.8) is 0 Å². The summed E-state index contributed by atoms with van der Waals surface area (Å²) in [5.74, 6) is 1.65. The highest BCUT2D eigenvalue weighted by Gasteiger charge is 2.24. The van der Waals surface area contributed by atoms with Gasteiger partial charge in [-0.2, -0.15) is 0 Å². The van der Waals surface area contributed by atoms with Gasteiger partial charge in [-0.15, -0.1) is 11.6 Å². The fraction of sp³-hybridized carbons (Fsp3) is 0.556. The van der Waals surface area contributed by atoms with Crippen LogP contribution in [0.3, 0.4) is 0 Å². The van der Waals surface area contributed by atoms with Crippen molar-refractivity contribution >= 4 is 23.4 Å². The number of halogens is 1. The minimum Gasteiger partial charge on any atom is -0.493 e. The number of ether oxygens (including phenoxy) is 2. The number of nitrogens with zero attached hydrogens (tertiary/aromatic N) is 1. The van der Waals surface area contributed by atoms with E-state index in [9.17, 15) is 9.59 Å². The van der Waals surface area contributed by atoms with Gasteiger partial charge in [-0.1, -0.05) is 6.07 Å². The highest BCUT2D eigenvalue weighted by Crippen LogP contribution is 2.28. The summed E-state index contributed by atoms with van der Waals surface area (Å²) < 4.78 is 10.5. The average molecular weight is 369 g/mol. The van der Waals surface area contributed by atoms with Gasteiger partial charge in [0, 0.05) is 31.4 Å². The number of alkyl halides is 1. The van der Waals surface area contributed by atoms with Gasteiger partial charge >= 0.3 is 0 Å². The van der Waals surface area contributed by atoms with Gasteiger partial charge in [0.2, 0.25) is 11.8 Å². The van der Waals surface area contributed by atoms with Gasteiger partial charge in [-0.3, -0.25) is 9.59 Å². The zero-order valence-corrected chi connectivity index (χ0v) is 15.5. The molecule has 0 aliphatic carbocycles. The third-order valence-electron chi connectivity index (χ3n) is 4.34. The molecule has 0 saturated carbocycles. The second-order valence-corrected chi connectivity index (χ2v) is 6.41. The number of methoxy groups -OCH3 is 2. The summed E-state index contributed by atoms with van der Waals surface area (Å²) in [4.78, 5) is 25.9. The fourth-order valence-electron chi connectivity index (χ4n) is 2.94. The molecule has 1 aromatic rings. The first kappa shape index (κ1) is 19.4. The van der Waals surface area contributed by atoms with Crippen LogP contribution in [-0.2, 0) is 16.0 Å². The summed E-state index contributed by atoms with van der Waals surface area (Å²) in [5, 5.41) is 2.96. The SMILES string of the molecule is COc1ccc(CC(=O)N2CCC(NC(=O)CCCl)CC2)cc1OC. The lowest BCUT2D eigenvalue weighted by Crippen LogP contribution is -2.47. The van der Waals surface area contributed by atoms with Gasteiger partial charge in [0.25, 0.3) is 0 Å². The molecule has 1 aromatic carbocycles. The Morgan fingerprint density at radius 3 is 2.48 bits per heavy atom. The van der Waals surface area contributed by atoms with Crippen molar-refractivity contribution in [2.45, 2.75) is 31.7 Å². The molecular weight excluding hydrogens is 344 g/mol. The molecule has 1 heterocycles. The van der Waals surface area contributed by atoms with Gasteiger partial charge in [0.15, 0.2) is 11.5 Å². The maximum absolute atomic E-state index is 12.5. The highest BCUT2D eigenvalue weighted by atomic mass is 35.5. The quantitative estimate of drug-likeness (QED) is 0.747. The Bertz CT molecular complexity index is 601. The molecule has 138 valence electrons. The van der Waals surface area contributed by atoms with Crippen LogP contribution in [-0.4, -0.2) is 55.9 Å². The van der Waals surface area contributed by atoms with Gasteiger partial charge in [-0.25, -0.2) is 0 Å². The van der Waals surface area contributed by atoms with E-state index in [1.165, 1.54) is 0 Å². The average Bonchev–Trinajstić information content (AvgIpc) is 2.62. The largest absolute Gasteiger partial charge is 0.493 e. The standard InChI is InChI=1S/C18H25ClN2O4/c1-24-15-4-3-13(11-16(15)25-2)12-18(23)21-9-6-14(7-10-21)20-17(22)5-8-19/h3-4,11,14H,5-10,12H2,1-2H3,(H,20,22). The molecule has 0 radical (unpaired) electrons. The Kier molecular flexibility index (Phi) is 7.37. The van der Waals surface area contributed by atoms with E-state index in [0.717, 1.165) is 18.4 Å². The van der Waals surface area contributed by atoms with E-state index in [2.05, 4.69) is 5.32 Å². The van der Waals surface area contributed by atoms with Crippen LogP contribution in [0.1, 0.15) is 24.8 Å². The Hall–Kier alpha value is -1.95. The van der Waals surface area contributed by atoms with Crippen molar-refractivity contribution in [1.29, 1.82) is 0 Å². The van der Waals surface area contributed by atoms with Crippen molar-refractivity contribution in [2.24, 2.45) is 0 Å². The molecule has 0 aromatic heterocycles. The lowest BCUT2D eigenvalue weighted by molar-refractivity contribution is -0.131. The van der Waals surface area contributed by atoms with Crippen LogP contribution in [0.4, 0.5) is 0 Å². The molecule has 2 amide bonds. The number of piperidine rings is 1. The first-order valence-corrected chi connectivity index (χ1v) is 8.94. The van der Waals surface area contributed by atoms with Crippen molar-refractivity contribution < 1.29 is 19.1 Å². The molecule has 1 fully saturated rings. The van der Waals surface area contributed by atoms with Crippen LogP contribution >= 0.6 is 11.6 Å². The first-order chi connectivity index (χ1) is 12.1. The van der Waals surface area contributed by atoms with Gasteiger partial charge in [-0.05, 0) is 30.5 Å². The van der Waals surface area contributed by atoms with E-state index in [4.69, 9.17) is 21.1 Å². The monoisotopic (exact) mass is 368 g/mol. The summed E-state index contributed by atoms with van der Waals surface area (Å²) in [6, 6.07) is 5.63. The fourth-order valence-corrected chi connectivity index (χ4v) is 3.11. The number of likely N-dealkylation sites (tertiary alicyclic amines) is 1. The van der Waals surface area contributed by atoms with E-state index < -0.39 is 0 Å². The number of benzene rings is 1. The van der Waals surface area contributed by atoms with E-state index in [1.807, 2.05) is 17.0 Å². The summed E-state index contributed by atoms with van der Waals surface area (Å²) >= 11 is 5.57. The van der Waals surface area contributed by atoms with Crippen LogP contribution in [0.15, 0.2) is 18.2 Å². The van der Waals surface area contributed by atoms with Crippen molar-refractivity contribution in [1.82, 2.24) is 10.2 Å². The predicted molar refractivity (Wildman–Crippen MR) is 96.3 cm³/mol. The molecule has 1 aliphatic rings. The van der Waals surface area contributed by atoms with Gasteiger partial charge in [0.05, 0.1) is 20.6 Å². The molecule has 7 heteroatoms. The highest BCUT2D eigenvalue weighted by molar-refractivity contribution is 6.18. The second kappa shape index (κ2) is 9.51. The number of amides is 2. The minimum absolute atomic E-state index is 0.0231. The van der Waals surface area contributed by atoms with E-state index in [-0.39, 0.29) is 17.9 Å². The number of carbonyl (C=O) groups is 2. The van der Waals surface area contributed by atoms with Crippen molar-refractivity contribution in [2.75, 3.05) is 33.2 Å². The summed E-state index contributed by atoms with van der Waals surface area (Å²) in [5.41, 5.74) is 0.889. The zero-order valence-electron chi connectivity index (χ0n) is 14.7. The lowest BCUT2D eigenvalue weighted by Gasteiger charge is -2.32. The Morgan fingerprint density at radius 1 is 1.20 bits per heavy atom. The van der Waals surface area contributed by atoms with Crippen LogP contribution in [0, 0.1) is 0 Å². The van der Waals surface area contributed by atoms with Crippen LogP contribution < -0.4 is 14.8 Å². The molecule has 1 aliphatic heterocycles. The van der Waals surface area contributed by atoms with E-state index >= 15 is 0 Å². The number of hydrogen-bond acceptors (Lipinski definition) is 4. The number of carbonyl (C=O) groups excluding carboxylic acids is 2. The lowest BCUT2D eigenvalue weighted by atomic mass is 10.0. The number of hydrogen-bond donors (Lipinski definition) is 1. The molecule has 1 saturated heterocycles. The Balaban J connectivity index is 1.85. The molecule has 2 rings (SSSR count). The minimum atomic E-state index is -0.0231. The maximum Gasteiger partial charge on any atom is 0.226 e. The molecule has 0 unspecified atom stereocenters. The third kappa shape index (κ3) is 5.53. The van der Waals surface area contributed by atoms with Crippen molar-refractivity contribution in [3.8, 4) is 11.5 Å². The smallest absolute Gasteiger partial charge is 0.226 e. The molecule has 0 spiro atoms. The van der Waals surface area contributed by atoms with Crippen LogP contribution in [0.25, 0.3) is 0 Å². The van der Waals surface area contributed by atoms with E-state index in [0.29, 0.717) is 43.3 Å². The predicted octanol–water partition coefficient (Wildman–Crippen LogP) is 1.98. The van der Waals surface area contributed by atoms with Gasteiger partial charge in [0.1, 0.15) is 0 Å². The normalized spacial score (nSPS) is 14.9. The molecule has 6 nitrogen and oxygen atoms in total. The summed E-state index contributed by atoms with van der Waals surface area (Å²) in [6.07, 6.45) is 2.20. The third-order valence-corrected chi connectivity index (χ3v) is 4.53. The zero-order chi connectivity index (χ0) is 18.2. The van der Waals surface area contributed by atoms with Crippen molar-refractivity contribution in [3.05, 3.63) is 23.8 Å². The Morgan fingerprint density at radius 2 is 1.88 bits per heavy atom. The Labute approximate surface area is 153 Å². The molecule has 0 bridgehead atoms. The number of rotatable bonds is 7. The molecule has 25 heavy (non-hydrogen) atoms.